The lowest BCUT2D eigenvalue weighted by Crippen LogP contribution is -2.11. The highest BCUT2D eigenvalue weighted by atomic mass is 16.3. The van der Waals surface area contributed by atoms with Gasteiger partial charge in [0.05, 0.1) is 5.69 Å². The molecule has 1 atom stereocenters. The summed E-state index contributed by atoms with van der Waals surface area (Å²) in [7, 11) is 0. The minimum Gasteiger partial charge on any atom is -0.382 e. The molecule has 0 bridgehead atoms. The van der Waals surface area contributed by atoms with E-state index in [1.165, 1.54) is 11.1 Å². The van der Waals surface area contributed by atoms with Crippen LogP contribution in [-0.2, 0) is 5.41 Å². The van der Waals surface area contributed by atoms with Crippen molar-refractivity contribution in [2.45, 2.75) is 53.1 Å². The fraction of sp³-hybridized carbons (Fsp3) is 0.444. The highest BCUT2D eigenvalue weighted by Gasteiger charge is 2.19. The van der Waals surface area contributed by atoms with E-state index >= 15 is 0 Å². The van der Waals surface area contributed by atoms with Gasteiger partial charge in [0.25, 0.3) is 0 Å². The Morgan fingerprint density at radius 2 is 1.50 bits per heavy atom. The van der Waals surface area contributed by atoms with Gasteiger partial charge in [0.2, 0.25) is 0 Å². The van der Waals surface area contributed by atoms with E-state index in [0.717, 1.165) is 22.5 Å². The molecule has 0 aliphatic carbocycles. The summed E-state index contributed by atoms with van der Waals surface area (Å²) in [6.07, 6.45) is -0.587. The maximum atomic E-state index is 10.6. The molecular weight excluding hydrogens is 246 g/mol. The second-order valence-electron chi connectivity index (χ2n) is 6.69. The Labute approximate surface area is 121 Å². The Morgan fingerprint density at radius 3 is 1.90 bits per heavy atom. The van der Waals surface area contributed by atoms with E-state index in [4.69, 9.17) is 0 Å². The van der Waals surface area contributed by atoms with Crippen LogP contribution >= 0.6 is 0 Å². The maximum absolute atomic E-state index is 10.6. The molecule has 1 heterocycles. The lowest BCUT2D eigenvalue weighted by atomic mass is 9.86. The van der Waals surface area contributed by atoms with Crippen molar-refractivity contribution in [1.29, 1.82) is 0 Å². The van der Waals surface area contributed by atoms with E-state index in [1.54, 1.807) is 0 Å². The molecule has 1 aromatic heterocycles. The highest BCUT2D eigenvalue weighted by molar-refractivity contribution is 5.40. The van der Waals surface area contributed by atoms with Crippen molar-refractivity contribution >= 4 is 0 Å². The van der Waals surface area contributed by atoms with Gasteiger partial charge in [0, 0.05) is 5.69 Å². The van der Waals surface area contributed by atoms with E-state index in [1.807, 2.05) is 19.1 Å². The summed E-state index contributed by atoms with van der Waals surface area (Å²) >= 11 is 0. The Balaban J connectivity index is 2.34. The molecular formula is C18H25NO. The molecule has 0 spiro atoms. The van der Waals surface area contributed by atoms with E-state index in [2.05, 4.69) is 51.7 Å². The maximum Gasteiger partial charge on any atom is 0.119 e. The van der Waals surface area contributed by atoms with Gasteiger partial charge in [0.15, 0.2) is 0 Å². The average Bonchev–Trinajstić information content (AvgIpc) is 2.65. The highest BCUT2D eigenvalue weighted by Crippen LogP contribution is 2.29. The third-order valence-corrected chi connectivity index (χ3v) is 4.22. The van der Waals surface area contributed by atoms with Crippen molar-refractivity contribution in [3.63, 3.8) is 0 Å². The van der Waals surface area contributed by atoms with Crippen LogP contribution in [0.2, 0.25) is 0 Å². The molecule has 0 amide bonds. The molecule has 0 aliphatic heterocycles. The Bertz CT molecular complexity index is 600. The molecule has 2 nitrogen and oxygen atoms in total. The predicted molar refractivity (Wildman–Crippen MR) is 84.2 cm³/mol. The Morgan fingerprint density at radius 1 is 0.950 bits per heavy atom. The van der Waals surface area contributed by atoms with Gasteiger partial charge < -0.3 is 10.1 Å². The fourth-order valence-electron chi connectivity index (χ4n) is 2.48. The summed E-state index contributed by atoms with van der Waals surface area (Å²) in [4.78, 5) is 3.31. The number of aryl methyl sites for hydroxylation is 1. The van der Waals surface area contributed by atoms with Crippen LogP contribution in [0.15, 0.2) is 24.3 Å². The van der Waals surface area contributed by atoms with Gasteiger partial charge in [-0.25, -0.2) is 0 Å². The summed E-state index contributed by atoms with van der Waals surface area (Å²) in [5.41, 5.74) is 6.76. The standard InChI is InChI=1S/C18H25NO/c1-11-12(2)16(19-13(11)3)17(20)14-7-9-15(10-8-14)18(4,5)6/h7-10,17,19-20H,1-6H3. The summed E-state index contributed by atoms with van der Waals surface area (Å²) in [6, 6.07) is 8.26. The molecule has 1 unspecified atom stereocenters. The molecule has 0 radical (unpaired) electrons. The number of aromatic nitrogens is 1. The monoisotopic (exact) mass is 271 g/mol. The molecule has 0 aliphatic rings. The zero-order valence-corrected chi connectivity index (χ0v) is 13.3. The summed E-state index contributed by atoms with van der Waals surface area (Å²) in [5.74, 6) is 0. The Kier molecular flexibility index (Phi) is 3.79. The van der Waals surface area contributed by atoms with E-state index in [0.29, 0.717) is 0 Å². The van der Waals surface area contributed by atoms with Crippen molar-refractivity contribution in [1.82, 2.24) is 4.98 Å². The van der Waals surface area contributed by atoms with E-state index in [-0.39, 0.29) is 5.41 Å². The largest absolute Gasteiger partial charge is 0.382 e. The molecule has 0 saturated carbocycles. The minimum atomic E-state index is -0.587. The second-order valence-corrected chi connectivity index (χ2v) is 6.69. The molecule has 0 fully saturated rings. The van der Waals surface area contributed by atoms with Gasteiger partial charge in [-0.3, -0.25) is 0 Å². The molecule has 108 valence electrons. The third-order valence-electron chi connectivity index (χ3n) is 4.22. The topological polar surface area (TPSA) is 36.0 Å². The van der Waals surface area contributed by atoms with Crippen molar-refractivity contribution in [3.8, 4) is 0 Å². The van der Waals surface area contributed by atoms with E-state index < -0.39 is 6.10 Å². The molecule has 2 aromatic rings. The predicted octanol–water partition coefficient (Wildman–Crippen LogP) is 4.32. The van der Waals surface area contributed by atoms with Crippen LogP contribution < -0.4 is 0 Å². The van der Waals surface area contributed by atoms with Crippen LogP contribution in [0.1, 0.15) is 60.5 Å². The van der Waals surface area contributed by atoms with Crippen LogP contribution in [0.3, 0.4) is 0 Å². The smallest absolute Gasteiger partial charge is 0.119 e. The average molecular weight is 271 g/mol. The van der Waals surface area contributed by atoms with Gasteiger partial charge in [-0.05, 0) is 48.4 Å². The number of aliphatic hydroxyl groups excluding tert-OH is 1. The van der Waals surface area contributed by atoms with Crippen molar-refractivity contribution in [2.24, 2.45) is 0 Å². The first-order valence-corrected chi connectivity index (χ1v) is 7.16. The van der Waals surface area contributed by atoms with Gasteiger partial charge in [-0.15, -0.1) is 0 Å². The number of nitrogens with one attached hydrogen (secondary N) is 1. The molecule has 2 N–H and O–H groups in total. The first-order chi connectivity index (χ1) is 9.21. The lowest BCUT2D eigenvalue weighted by molar-refractivity contribution is 0.215. The van der Waals surface area contributed by atoms with Gasteiger partial charge >= 0.3 is 0 Å². The number of hydrogen-bond acceptors (Lipinski definition) is 1. The van der Waals surface area contributed by atoms with Crippen LogP contribution in [0.25, 0.3) is 0 Å². The lowest BCUT2D eigenvalue weighted by Gasteiger charge is -2.20. The summed E-state index contributed by atoms with van der Waals surface area (Å²) in [5, 5.41) is 10.6. The number of benzene rings is 1. The normalized spacial score (nSPS) is 13.6. The number of aromatic amines is 1. The molecule has 2 rings (SSSR count). The van der Waals surface area contributed by atoms with Crippen molar-refractivity contribution in [3.05, 3.63) is 57.9 Å². The number of H-pyrrole nitrogens is 1. The number of aliphatic hydroxyl groups is 1. The SMILES string of the molecule is Cc1[nH]c(C(O)c2ccc(C(C)(C)C)cc2)c(C)c1C. The molecule has 20 heavy (non-hydrogen) atoms. The number of hydrogen-bond donors (Lipinski definition) is 2. The van der Waals surface area contributed by atoms with Crippen LogP contribution in [-0.4, -0.2) is 10.1 Å². The van der Waals surface area contributed by atoms with E-state index in [9.17, 15) is 5.11 Å². The van der Waals surface area contributed by atoms with Crippen LogP contribution in [0, 0.1) is 20.8 Å². The number of rotatable bonds is 2. The minimum absolute atomic E-state index is 0.138. The molecule has 2 heteroatoms. The quantitative estimate of drug-likeness (QED) is 0.838. The van der Waals surface area contributed by atoms with Crippen molar-refractivity contribution < 1.29 is 5.11 Å². The first-order valence-electron chi connectivity index (χ1n) is 7.16. The molecule has 0 saturated heterocycles. The summed E-state index contributed by atoms with van der Waals surface area (Å²) < 4.78 is 0. The van der Waals surface area contributed by atoms with Crippen LogP contribution in [0.4, 0.5) is 0 Å². The fourth-order valence-corrected chi connectivity index (χ4v) is 2.48. The van der Waals surface area contributed by atoms with Gasteiger partial charge in [-0.1, -0.05) is 45.0 Å². The second kappa shape index (κ2) is 5.10. The van der Waals surface area contributed by atoms with Gasteiger partial charge in [-0.2, -0.15) is 0 Å². The zero-order valence-electron chi connectivity index (χ0n) is 13.3. The van der Waals surface area contributed by atoms with Gasteiger partial charge in [0.1, 0.15) is 6.10 Å². The zero-order chi connectivity index (χ0) is 15.1. The van der Waals surface area contributed by atoms with Crippen molar-refractivity contribution in [2.75, 3.05) is 0 Å². The Hall–Kier alpha value is -1.54. The van der Waals surface area contributed by atoms with Crippen LogP contribution in [0.5, 0.6) is 0 Å². The molecule has 1 aromatic carbocycles. The first kappa shape index (κ1) is 14.9. The summed E-state index contributed by atoms with van der Waals surface area (Å²) in [6.45, 7) is 12.8. The third kappa shape index (κ3) is 2.66.